The van der Waals surface area contributed by atoms with Crippen molar-refractivity contribution in [1.82, 2.24) is 0 Å². The van der Waals surface area contributed by atoms with Crippen LogP contribution in [-0.2, 0) is 10.8 Å². The molecule has 8 aromatic rings. The van der Waals surface area contributed by atoms with E-state index < -0.39 is 0 Å². The normalized spacial score (nSPS) is 17.5. The fraction of sp³-hybridized carbons (Fsp3) is 0.103. The van der Waals surface area contributed by atoms with Crippen LogP contribution in [0.4, 0.5) is 17.1 Å². The Balaban J connectivity index is 0.897. The van der Waals surface area contributed by atoms with Gasteiger partial charge in [-0.05, 0) is 134 Å². The van der Waals surface area contributed by atoms with Crippen LogP contribution >= 0.6 is 0 Å². The first-order chi connectivity index (χ1) is 30.0. The van der Waals surface area contributed by atoms with Crippen LogP contribution in [0.25, 0.3) is 39.0 Å². The Morgan fingerprint density at radius 3 is 1.92 bits per heavy atom. The summed E-state index contributed by atoms with van der Waals surface area (Å²) in [6.45, 7) is 4.68. The Bertz CT molecular complexity index is 3230. The Hall–Kier alpha value is -7.36. The molecule has 61 heavy (non-hydrogen) atoms. The molecular weight excluding hydrogens is 743 g/mol. The van der Waals surface area contributed by atoms with Crippen molar-refractivity contribution in [1.29, 1.82) is 0 Å². The molecule has 0 saturated carbocycles. The predicted octanol–water partition coefficient (Wildman–Crippen LogP) is 15.5. The van der Waals surface area contributed by atoms with E-state index in [0.717, 1.165) is 47.0 Å². The van der Waals surface area contributed by atoms with E-state index in [2.05, 4.69) is 201 Å². The zero-order chi connectivity index (χ0) is 40.5. The number of benzene rings is 8. The molecule has 0 aromatic heterocycles. The van der Waals surface area contributed by atoms with Crippen LogP contribution in [-0.4, -0.2) is 0 Å². The number of anilines is 3. The molecule has 3 heteroatoms. The van der Waals surface area contributed by atoms with Crippen LogP contribution in [0.3, 0.4) is 0 Å². The lowest BCUT2D eigenvalue weighted by Crippen LogP contribution is -2.27. The molecule has 1 atom stereocenters. The molecule has 0 radical (unpaired) electrons. The third-order valence-electron chi connectivity index (χ3n) is 14.0. The number of hydrogen-bond acceptors (Lipinski definition) is 3. The molecule has 1 aliphatic heterocycles. The minimum atomic E-state index is -0.375. The molecule has 1 spiro atoms. The van der Waals surface area contributed by atoms with Gasteiger partial charge in [0.05, 0.1) is 11.1 Å². The summed E-state index contributed by atoms with van der Waals surface area (Å²) in [7, 11) is 0. The second-order valence-electron chi connectivity index (χ2n) is 17.5. The van der Waals surface area contributed by atoms with E-state index in [1.807, 2.05) is 6.07 Å². The maximum Gasteiger partial charge on any atom is 0.178 e. The molecule has 3 nitrogen and oxygen atoms in total. The van der Waals surface area contributed by atoms with Gasteiger partial charge >= 0.3 is 0 Å². The molecule has 0 N–H and O–H groups in total. The van der Waals surface area contributed by atoms with Gasteiger partial charge in [0.15, 0.2) is 23.0 Å². The average Bonchev–Trinajstić information content (AvgIpc) is 3.87. The first kappa shape index (κ1) is 34.5. The zero-order valence-electron chi connectivity index (χ0n) is 34.1. The van der Waals surface area contributed by atoms with Crippen LogP contribution < -0.4 is 14.4 Å². The van der Waals surface area contributed by atoms with E-state index >= 15 is 0 Å². The molecule has 8 aromatic carbocycles. The third kappa shape index (κ3) is 4.69. The smallest absolute Gasteiger partial charge is 0.178 e. The SMILES string of the molecule is CC1(C)c2ccccc2-c2ccc(-c3ccc(N(c4ccccc4)c4ccc5c(c4)Oc4c(ccc6c4-c4ccccc4C64C6=C(C=CCC6)c6ccccc64)O5)cc3)cc21. The molecule has 4 aliphatic carbocycles. The number of nitrogens with zero attached hydrogens (tertiary/aromatic N) is 1. The second kappa shape index (κ2) is 12.6. The van der Waals surface area contributed by atoms with Crippen molar-refractivity contribution >= 4 is 22.6 Å². The summed E-state index contributed by atoms with van der Waals surface area (Å²) in [6.07, 6.45) is 6.73. The highest BCUT2D eigenvalue weighted by molar-refractivity contribution is 5.99. The Morgan fingerprint density at radius 1 is 0.459 bits per heavy atom. The van der Waals surface area contributed by atoms with Gasteiger partial charge in [0.2, 0.25) is 0 Å². The number of rotatable bonds is 4. The number of allylic oxidation sites excluding steroid dienone is 4. The van der Waals surface area contributed by atoms with Gasteiger partial charge in [0.1, 0.15) is 0 Å². The molecule has 13 rings (SSSR count). The summed E-state index contributed by atoms with van der Waals surface area (Å²) < 4.78 is 13.9. The number of para-hydroxylation sites is 1. The van der Waals surface area contributed by atoms with Crippen molar-refractivity contribution in [2.24, 2.45) is 0 Å². The van der Waals surface area contributed by atoms with Gasteiger partial charge in [-0.2, -0.15) is 0 Å². The molecule has 290 valence electrons. The summed E-state index contributed by atoms with van der Waals surface area (Å²) in [6, 6.07) is 64.0. The van der Waals surface area contributed by atoms with Crippen molar-refractivity contribution in [2.75, 3.05) is 4.90 Å². The van der Waals surface area contributed by atoms with Crippen molar-refractivity contribution in [2.45, 2.75) is 37.5 Å². The van der Waals surface area contributed by atoms with E-state index in [0.29, 0.717) is 11.5 Å². The highest BCUT2D eigenvalue weighted by atomic mass is 16.6. The van der Waals surface area contributed by atoms with Crippen molar-refractivity contribution in [3.63, 3.8) is 0 Å². The fourth-order valence-corrected chi connectivity index (χ4v) is 11.4. The summed E-state index contributed by atoms with van der Waals surface area (Å²) in [5.41, 5.74) is 21.0. The predicted molar refractivity (Wildman–Crippen MR) is 248 cm³/mol. The minimum absolute atomic E-state index is 0.0500. The van der Waals surface area contributed by atoms with Crippen molar-refractivity contribution < 1.29 is 9.47 Å². The lowest BCUT2D eigenvalue weighted by atomic mass is 9.68. The molecule has 0 saturated heterocycles. The molecule has 0 fully saturated rings. The summed E-state index contributed by atoms with van der Waals surface area (Å²) in [4.78, 5) is 2.30. The Labute approximate surface area is 356 Å². The standard InChI is InChI=1S/C58H41NO2/c1-57(2)46-20-10-6-16-41(46)44-30-26-37(34-51(44)57)36-24-27-39(28-25-36)59(38-14-4-3-5-15-38)40-29-32-52-54(35-40)61-56-53(60-52)33-31-50-55(56)45-19-9-13-23-49(45)58(50)47-21-11-7-17-42(47)43-18-8-12-22-48(43)58/h3-11,13-21,23-35H,12,22H2,1-2H3. The minimum Gasteiger partial charge on any atom is -0.449 e. The van der Waals surface area contributed by atoms with Gasteiger partial charge < -0.3 is 14.4 Å². The first-order valence-corrected chi connectivity index (χ1v) is 21.5. The lowest BCUT2D eigenvalue weighted by Gasteiger charge is -2.34. The monoisotopic (exact) mass is 783 g/mol. The van der Waals surface area contributed by atoms with Gasteiger partial charge in [-0.3, -0.25) is 0 Å². The van der Waals surface area contributed by atoms with Crippen LogP contribution in [0.15, 0.2) is 194 Å². The van der Waals surface area contributed by atoms with E-state index in [9.17, 15) is 0 Å². The van der Waals surface area contributed by atoms with Crippen molar-refractivity contribution in [3.8, 4) is 56.4 Å². The Kier molecular flexibility index (Phi) is 7.11. The highest BCUT2D eigenvalue weighted by Crippen LogP contribution is 2.67. The van der Waals surface area contributed by atoms with Crippen LogP contribution in [0.2, 0.25) is 0 Å². The molecule has 0 bridgehead atoms. The number of ether oxygens (including phenoxy) is 2. The topological polar surface area (TPSA) is 21.7 Å². The largest absolute Gasteiger partial charge is 0.449 e. The van der Waals surface area contributed by atoms with Crippen LogP contribution in [0.1, 0.15) is 60.1 Å². The highest BCUT2D eigenvalue weighted by Gasteiger charge is 2.54. The number of hydrogen-bond donors (Lipinski definition) is 0. The van der Waals surface area contributed by atoms with E-state index in [-0.39, 0.29) is 10.8 Å². The summed E-state index contributed by atoms with van der Waals surface area (Å²) >= 11 is 0. The maximum absolute atomic E-state index is 7.14. The quantitative estimate of drug-likeness (QED) is 0.177. The molecule has 1 heterocycles. The summed E-state index contributed by atoms with van der Waals surface area (Å²) in [5, 5.41) is 0. The number of fused-ring (bicyclic) bond motifs is 15. The molecule has 0 amide bonds. The molecule has 1 unspecified atom stereocenters. The van der Waals surface area contributed by atoms with Gasteiger partial charge in [-0.25, -0.2) is 0 Å². The van der Waals surface area contributed by atoms with E-state index in [4.69, 9.17) is 9.47 Å². The second-order valence-corrected chi connectivity index (χ2v) is 17.5. The van der Waals surface area contributed by atoms with Gasteiger partial charge in [0, 0.05) is 28.4 Å². The fourth-order valence-electron chi connectivity index (χ4n) is 11.4. The molecular formula is C58H41NO2. The summed E-state index contributed by atoms with van der Waals surface area (Å²) in [5.74, 6) is 2.92. The maximum atomic E-state index is 7.14. The van der Waals surface area contributed by atoms with Crippen LogP contribution in [0.5, 0.6) is 23.0 Å². The first-order valence-electron chi connectivity index (χ1n) is 21.5. The van der Waals surface area contributed by atoms with E-state index in [1.54, 1.807) is 0 Å². The van der Waals surface area contributed by atoms with E-state index in [1.165, 1.54) is 72.3 Å². The lowest BCUT2D eigenvalue weighted by molar-refractivity contribution is 0.360. The Morgan fingerprint density at radius 2 is 1.10 bits per heavy atom. The van der Waals surface area contributed by atoms with Gasteiger partial charge in [-0.1, -0.05) is 147 Å². The van der Waals surface area contributed by atoms with Crippen molar-refractivity contribution in [3.05, 3.63) is 227 Å². The third-order valence-corrected chi connectivity index (χ3v) is 14.0. The molecule has 5 aliphatic rings. The zero-order valence-corrected chi connectivity index (χ0v) is 34.1. The van der Waals surface area contributed by atoms with Gasteiger partial charge in [-0.15, -0.1) is 0 Å². The van der Waals surface area contributed by atoms with Crippen LogP contribution in [0, 0.1) is 0 Å². The average molecular weight is 784 g/mol. The van der Waals surface area contributed by atoms with Gasteiger partial charge in [0.25, 0.3) is 0 Å².